The van der Waals surface area contributed by atoms with Gasteiger partial charge in [-0.15, -0.1) is 20.4 Å². The van der Waals surface area contributed by atoms with Gasteiger partial charge in [0.15, 0.2) is 0 Å². The second-order valence-corrected chi connectivity index (χ2v) is 5.03. The molecule has 0 aliphatic rings. The minimum Gasteiger partial charge on any atom is -0.308 e. The Hall–Kier alpha value is -1.02. The maximum Gasteiger partial charge on any atom is 0.202 e. The smallest absolute Gasteiger partial charge is 0.202 e. The van der Waals surface area contributed by atoms with Crippen molar-refractivity contribution in [3.63, 3.8) is 0 Å². The van der Waals surface area contributed by atoms with E-state index in [4.69, 9.17) is 0 Å². The zero-order valence-electron chi connectivity index (χ0n) is 9.07. The Bertz CT molecular complexity index is 409. The second-order valence-electron chi connectivity index (χ2n) is 2.97. The van der Waals surface area contributed by atoms with Crippen LogP contribution in [0.1, 0.15) is 13.8 Å². The van der Waals surface area contributed by atoms with Crippen LogP contribution in [-0.2, 0) is 13.1 Å². The van der Waals surface area contributed by atoms with Gasteiger partial charge in [-0.25, -0.2) is 0 Å². The van der Waals surface area contributed by atoms with E-state index in [0.29, 0.717) is 0 Å². The standard InChI is InChI=1S/C8H12N6S2/c1-3-13-5-9-11-7(13)15-16-8-12-10-6-14(8)4-2/h5-6H,3-4H2,1-2H3. The van der Waals surface area contributed by atoms with Gasteiger partial charge in [0.1, 0.15) is 12.7 Å². The number of aryl methyl sites for hydroxylation is 2. The lowest BCUT2D eigenvalue weighted by Gasteiger charge is -2.02. The average Bonchev–Trinajstić information content (AvgIpc) is 2.94. The van der Waals surface area contributed by atoms with Crippen LogP contribution in [0.4, 0.5) is 0 Å². The predicted molar refractivity (Wildman–Crippen MR) is 63.1 cm³/mol. The van der Waals surface area contributed by atoms with Crippen LogP contribution in [0.5, 0.6) is 0 Å². The molecule has 0 fully saturated rings. The van der Waals surface area contributed by atoms with Gasteiger partial charge in [0, 0.05) is 13.1 Å². The fraction of sp³-hybridized carbons (Fsp3) is 0.500. The number of hydrogen-bond donors (Lipinski definition) is 0. The maximum atomic E-state index is 4.04. The fourth-order valence-electron chi connectivity index (χ4n) is 1.13. The Morgan fingerprint density at radius 3 is 1.75 bits per heavy atom. The molecule has 0 spiro atoms. The summed E-state index contributed by atoms with van der Waals surface area (Å²) in [5, 5.41) is 17.6. The van der Waals surface area contributed by atoms with E-state index < -0.39 is 0 Å². The molecule has 2 heterocycles. The summed E-state index contributed by atoms with van der Waals surface area (Å²) in [7, 11) is 3.10. The van der Waals surface area contributed by atoms with E-state index >= 15 is 0 Å². The summed E-state index contributed by atoms with van der Waals surface area (Å²) < 4.78 is 3.98. The summed E-state index contributed by atoms with van der Waals surface area (Å²) in [6.07, 6.45) is 3.46. The van der Waals surface area contributed by atoms with Crippen LogP contribution in [0, 0.1) is 0 Å². The monoisotopic (exact) mass is 256 g/mol. The van der Waals surface area contributed by atoms with E-state index in [2.05, 4.69) is 34.2 Å². The maximum absolute atomic E-state index is 4.04. The highest BCUT2D eigenvalue weighted by Crippen LogP contribution is 2.34. The van der Waals surface area contributed by atoms with Crippen molar-refractivity contribution in [3.8, 4) is 0 Å². The summed E-state index contributed by atoms with van der Waals surface area (Å²) in [5.74, 6) is 0. The van der Waals surface area contributed by atoms with Crippen LogP contribution >= 0.6 is 21.6 Å². The zero-order chi connectivity index (χ0) is 11.4. The van der Waals surface area contributed by atoms with Gasteiger partial charge in [-0.05, 0) is 35.4 Å². The highest BCUT2D eigenvalue weighted by atomic mass is 33.1. The van der Waals surface area contributed by atoms with E-state index in [1.54, 1.807) is 34.2 Å². The second kappa shape index (κ2) is 5.35. The molecule has 16 heavy (non-hydrogen) atoms. The lowest BCUT2D eigenvalue weighted by Crippen LogP contribution is -1.95. The van der Waals surface area contributed by atoms with Crippen LogP contribution < -0.4 is 0 Å². The normalized spacial score (nSPS) is 10.9. The highest BCUT2D eigenvalue weighted by Gasteiger charge is 2.08. The molecule has 0 aliphatic heterocycles. The van der Waals surface area contributed by atoms with E-state index in [1.807, 2.05) is 9.13 Å². The SMILES string of the molecule is CCn1cnnc1SSc1nncn1CC. The molecule has 0 radical (unpaired) electrons. The van der Waals surface area contributed by atoms with E-state index in [1.165, 1.54) is 0 Å². The highest BCUT2D eigenvalue weighted by molar-refractivity contribution is 8.76. The molecule has 86 valence electrons. The van der Waals surface area contributed by atoms with Crippen molar-refractivity contribution in [1.29, 1.82) is 0 Å². The summed E-state index contributed by atoms with van der Waals surface area (Å²) in [6, 6.07) is 0. The first-order valence-corrected chi connectivity index (χ1v) is 7.10. The Kier molecular flexibility index (Phi) is 3.83. The average molecular weight is 256 g/mol. The number of nitrogens with zero attached hydrogens (tertiary/aromatic N) is 6. The van der Waals surface area contributed by atoms with Crippen molar-refractivity contribution in [2.24, 2.45) is 0 Å². The molecule has 8 heteroatoms. The lowest BCUT2D eigenvalue weighted by atomic mass is 10.7. The van der Waals surface area contributed by atoms with Crippen molar-refractivity contribution in [2.75, 3.05) is 0 Å². The summed E-state index contributed by atoms with van der Waals surface area (Å²) >= 11 is 0. The number of rotatable bonds is 5. The quantitative estimate of drug-likeness (QED) is 0.759. The van der Waals surface area contributed by atoms with Crippen LogP contribution in [0.25, 0.3) is 0 Å². The molecule has 0 amide bonds. The molecule has 0 N–H and O–H groups in total. The van der Waals surface area contributed by atoms with Crippen molar-refractivity contribution < 1.29 is 0 Å². The fourth-order valence-corrected chi connectivity index (χ4v) is 3.20. The molecular formula is C8H12N6S2. The molecule has 0 saturated heterocycles. The molecule has 0 aromatic carbocycles. The molecule has 2 aromatic rings. The Morgan fingerprint density at radius 2 is 1.38 bits per heavy atom. The summed E-state index contributed by atoms with van der Waals surface area (Å²) in [4.78, 5) is 0. The summed E-state index contributed by atoms with van der Waals surface area (Å²) in [5.41, 5.74) is 0. The van der Waals surface area contributed by atoms with Crippen molar-refractivity contribution >= 4 is 21.6 Å². The van der Waals surface area contributed by atoms with Gasteiger partial charge in [0.25, 0.3) is 0 Å². The van der Waals surface area contributed by atoms with Gasteiger partial charge < -0.3 is 9.13 Å². The summed E-state index contributed by atoms with van der Waals surface area (Å²) in [6.45, 7) is 5.87. The molecule has 2 aromatic heterocycles. The number of aromatic nitrogens is 6. The molecule has 2 rings (SSSR count). The first-order valence-electron chi connectivity index (χ1n) is 4.95. The molecule has 6 nitrogen and oxygen atoms in total. The van der Waals surface area contributed by atoms with Crippen LogP contribution in [-0.4, -0.2) is 29.5 Å². The Morgan fingerprint density at radius 1 is 0.938 bits per heavy atom. The molecule has 0 aliphatic carbocycles. The Balaban J connectivity index is 2.02. The van der Waals surface area contributed by atoms with E-state index in [-0.39, 0.29) is 0 Å². The topological polar surface area (TPSA) is 61.4 Å². The predicted octanol–water partition coefficient (Wildman–Crippen LogP) is 1.71. The van der Waals surface area contributed by atoms with Gasteiger partial charge in [-0.2, -0.15) is 0 Å². The van der Waals surface area contributed by atoms with Gasteiger partial charge in [0.05, 0.1) is 0 Å². The zero-order valence-corrected chi connectivity index (χ0v) is 10.7. The number of hydrogen-bond acceptors (Lipinski definition) is 6. The molecular weight excluding hydrogens is 244 g/mol. The minimum absolute atomic E-state index is 0.871. The molecule has 0 atom stereocenters. The molecule has 0 bridgehead atoms. The lowest BCUT2D eigenvalue weighted by molar-refractivity contribution is 0.680. The van der Waals surface area contributed by atoms with Crippen LogP contribution in [0.2, 0.25) is 0 Å². The molecule has 0 unspecified atom stereocenters. The van der Waals surface area contributed by atoms with Crippen LogP contribution in [0.15, 0.2) is 23.0 Å². The van der Waals surface area contributed by atoms with E-state index in [9.17, 15) is 0 Å². The largest absolute Gasteiger partial charge is 0.308 e. The first kappa shape index (κ1) is 11.5. The van der Waals surface area contributed by atoms with Gasteiger partial charge in [-0.1, -0.05) is 0 Å². The molecule has 0 saturated carbocycles. The minimum atomic E-state index is 0.871. The van der Waals surface area contributed by atoms with Gasteiger partial charge in [-0.3, -0.25) is 0 Å². The van der Waals surface area contributed by atoms with Gasteiger partial charge in [0.2, 0.25) is 10.3 Å². The van der Waals surface area contributed by atoms with Gasteiger partial charge >= 0.3 is 0 Å². The Labute approximate surface area is 101 Å². The third-order valence-electron chi connectivity index (χ3n) is 2.03. The van der Waals surface area contributed by atoms with Crippen molar-refractivity contribution in [3.05, 3.63) is 12.7 Å². The van der Waals surface area contributed by atoms with Crippen molar-refractivity contribution in [1.82, 2.24) is 29.5 Å². The third kappa shape index (κ3) is 2.38. The third-order valence-corrected chi connectivity index (χ3v) is 4.19. The first-order chi connectivity index (χ1) is 7.85. The van der Waals surface area contributed by atoms with Crippen molar-refractivity contribution in [2.45, 2.75) is 37.2 Å². The van der Waals surface area contributed by atoms with E-state index in [0.717, 1.165) is 23.4 Å². The van der Waals surface area contributed by atoms with Crippen LogP contribution in [0.3, 0.4) is 0 Å².